The van der Waals surface area contributed by atoms with E-state index in [1.807, 2.05) is 21.1 Å². The topological polar surface area (TPSA) is 111 Å². The normalized spacial score (nSPS) is 14.1. The molecule has 0 fully saturated rings. The molecule has 0 aromatic carbocycles. The molecule has 364 valence electrons. The molecule has 2 atom stereocenters. The zero-order valence-corrected chi connectivity index (χ0v) is 41.9. The van der Waals surface area contributed by atoms with Crippen LogP contribution in [0.15, 0.2) is 72.9 Å². The van der Waals surface area contributed by atoms with Crippen molar-refractivity contribution in [3.05, 3.63) is 72.9 Å². The van der Waals surface area contributed by atoms with Crippen LogP contribution in [0, 0.1) is 0 Å². The van der Waals surface area contributed by atoms with E-state index in [1.54, 1.807) is 0 Å². The maximum Gasteiger partial charge on any atom is 0.306 e. The third-order valence-electron chi connectivity index (χ3n) is 10.5. The molecule has 0 amide bonds. The third kappa shape index (κ3) is 48.7. The Balaban J connectivity index is 4.34. The highest BCUT2D eigenvalue weighted by Gasteiger charge is 2.21. The van der Waals surface area contributed by atoms with Gasteiger partial charge in [0.1, 0.15) is 19.8 Å². The van der Waals surface area contributed by atoms with Gasteiger partial charge in [-0.05, 0) is 83.5 Å². The van der Waals surface area contributed by atoms with Crippen LogP contribution < -0.4 is 4.89 Å². The van der Waals surface area contributed by atoms with Crippen molar-refractivity contribution in [3.8, 4) is 0 Å². The Morgan fingerprint density at radius 1 is 0.508 bits per heavy atom. The fraction of sp³-hybridized carbons (Fsp3) is 0.736. The SMILES string of the molecule is CC/C=C\C/C=C\C/C=C\C/C=C\C/C=C\CCCCCCCC(=O)OC(COC(=O)CCCCCCCCC/C=C\CCCCCCCCC)COP(=O)([O-])OCC[N+](C)(C)C. The predicted molar refractivity (Wildman–Crippen MR) is 263 cm³/mol. The van der Waals surface area contributed by atoms with E-state index < -0.39 is 32.5 Å². The second kappa shape index (κ2) is 44.6. The zero-order chi connectivity index (χ0) is 46.4. The summed E-state index contributed by atoms with van der Waals surface area (Å²) in [5.74, 6) is -0.863. The fourth-order valence-electron chi connectivity index (χ4n) is 6.56. The third-order valence-corrected chi connectivity index (χ3v) is 11.4. The number of nitrogens with zero attached hydrogens (tertiary/aromatic N) is 1. The molecule has 63 heavy (non-hydrogen) atoms. The van der Waals surface area contributed by atoms with Gasteiger partial charge < -0.3 is 27.9 Å². The molecule has 0 aliphatic heterocycles. The Kier molecular flexibility index (Phi) is 42.8. The second-order valence-corrected chi connectivity index (χ2v) is 19.2. The Hall–Kier alpha value is -2.55. The van der Waals surface area contributed by atoms with Gasteiger partial charge in [0.25, 0.3) is 7.82 Å². The van der Waals surface area contributed by atoms with Gasteiger partial charge in [-0.3, -0.25) is 14.2 Å². The first-order chi connectivity index (χ1) is 30.5. The van der Waals surface area contributed by atoms with Crippen molar-refractivity contribution in [1.29, 1.82) is 0 Å². The lowest BCUT2D eigenvalue weighted by Gasteiger charge is -2.28. The first kappa shape index (κ1) is 60.5. The molecular weight excluding hydrogens is 810 g/mol. The van der Waals surface area contributed by atoms with Crippen LogP contribution in [0.1, 0.15) is 200 Å². The summed E-state index contributed by atoms with van der Waals surface area (Å²) in [6.45, 7) is 4.09. The van der Waals surface area contributed by atoms with Gasteiger partial charge in [0.05, 0.1) is 27.7 Å². The van der Waals surface area contributed by atoms with E-state index in [-0.39, 0.29) is 26.1 Å². The minimum atomic E-state index is -4.64. The summed E-state index contributed by atoms with van der Waals surface area (Å²) in [6.07, 6.45) is 56.4. The van der Waals surface area contributed by atoms with Gasteiger partial charge in [-0.15, -0.1) is 0 Å². The fourth-order valence-corrected chi connectivity index (χ4v) is 7.29. The monoisotopic (exact) mass is 904 g/mol. The van der Waals surface area contributed by atoms with Gasteiger partial charge in [0, 0.05) is 12.8 Å². The number of allylic oxidation sites excluding steroid dienone is 12. The number of esters is 2. The molecule has 2 unspecified atom stereocenters. The van der Waals surface area contributed by atoms with E-state index in [2.05, 4.69) is 86.8 Å². The smallest absolute Gasteiger partial charge is 0.306 e. The number of quaternary nitrogens is 1. The largest absolute Gasteiger partial charge is 0.756 e. The minimum Gasteiger partial charge on any atom is -0.756 e. The number of likely N-dealkylation sites (N-methyl/N-ethyl adjacent to an activating group) is 1. The number of phosphoric ester groups is 1. The van der Waals surface area contributed by atoms with Gasteiger partial charge in [0.2, 0.25) is 0 Å². The summed E-state index contributed by atoms with van der Waals surface area (Å²) in [6, 6.07) is 0. The van der Waals surface area contributed by atoms with Crippen molar-refractivity contribution in [3.63, 3.8) is 0 Å². The van der Waals surface area contributed by atoms with Gasteiger partial charge in [-0.1, -0.05) is 177 Å². The Morgan fingerprint density at radius 2 is 0.905 bits per heavy atom. The number of ether oxygens (including phenoxy) is 2. The summed E-state index contributed by atoms with van der Waals surface area (Å²) >= 11 is 0. The molecule has 9 nitrogen and oxygen atoms in total. The molecule has 0 aromatic rings. The van der Waals surface area contributed by atoms with Gasteiger partial charge in [-0.2, -0.15) is 0 Å². The van der Waals surface area contributed by atoms with Crippen LogP contribution in [0.25, 0.3) is 0 Å². The number of carbonyl (C=O) groups excluding carboxylic acids is 2. The molecule has 0 radical (unpaired) electrons. The van der Waals surface area contributed by atoms with Crippen LogP contribution in [0.3, 0.4) is 0 Å². The zero-order valence-electron chi connectivity index (χ0n) is 41.0. The van der Waals surface area contributed by atoms with Crippen LogP contribution in [0.4, 0.5) is 0 Å². The predicted octanol–water partition coefficient (Wildman–Crippen LogP) is 14.3. The maximum absolute atomic E-state index is 12.7. The molecule has 0 aliphatic carbocycles. The maximum atomic E-state index is 12.7. The number of rotatable bonds is 45. The molecule has 0 heterocycles. The molecule has 0 saturated carbocycles. The summed E-state index contributed by atoms with van der Waals surface area (Å²) in [5, 5.41) is 0. The number of hydrogen-bond acceptors (Lipinski definition) is 8. The first-order valence-corrected chi connectivity index (χ1v) is 26.6. The van der Waals surface area contributed by atoms with Crippen LogP contribution >= 0.6 is 7.82 Å². The standard InChI is InChI=1S/C53H94NO8P/c1-6-8-10-12-14-16-18-20-22-24-26-27-28-30-32-34-36-38-40-42-44-46-53(56)62-51(50-61-63(57,58)60-48-47-54(3,4)5)49-59-52(55)45-43-41-39-37-35-33-31-29-25-23-21-19-17-15-13-11-9-7-2/h8,10,14,16,20,22-23,25-27,30,32,51H,6-7,9,11-13,15,17-19,21,24,28-29,31,33-50H2,1-5H3/b10-8-,16-14-,22-20-,25-23-,27-26-,32-30-. The highest BCUT2D eigenvalue weighted by atomic mass is 31.2. The summed E-state index contributed by atoms with van der Waals surface area (Å²) < 4.78 is 34.0. The van der Waals surface area contributed by atoms with Crippen molar-refractivity contribution in [2.75, 3.05) is 47.5 Å². The van der Waals surface area contributed by atoms with Crippen molar-refractivity contribution in [2.45, 2.75) is 206 Å². The number of phosphoric acid groups is 1. The average Bonchev–Trinajstić information content (AvgIpc) is 3.24. The van der Waals surface area contributed by atoms with Crippen LogP contribution in [0.2, 0.25) is 0 Å². The van der Waals surface area contributed by atoms with E-state index in [9.17, 15) is 19.0 Å². The number of hydrogen-bond donors (Lipinski definition) is 0. The summed E-state index contributed by atoms with van der Waals surface area (Å²) in [5.41, 5.74) is 0. The second-order valence-electron chi connectivity index (χ2n) is 17.8. The van der Waals surface area contributed by atoms with Gasteiger partial charge >= 0.3 is 11.9 Å². The van der Waals surface area contributed by atoms with Crippen LogP contribution in [0.5, 0.6) is 0 Å². The highest BCUT2D eigenvalue weighted by Crippen LogP contribution is 2.38. The molecule has 0 aromatic heterocycles. The summed E-state index contributed by atoms with van der Waals surface area (Å²) in [7, 11) is 1.14. The number of unbranched alkanes of at least 4 members (excludes halogenated alkanes) is 19. The van der Waals surface area contributed by atoms with Gasteiger partial charge in [0.15, 0.2) is 6.10 Å². The molecule has 0 saturated heterocycles. The highest BCUT2D eigenvalue weighted by molar-refractivity contribution is 7.45. The number of carbonyl (C=O) groups is 2. The average molecular weight is 904 g/mol. The minimum absolute atomic E-state index is 0.0389. The Labute approximate surface area is 387 Å². The van der Waals surface area contributed by atoms with Crippen molar-refractivity contribution in [1.82, 2.24) is 0 Å². The lowest BCUT2D eigenvalue weighted by molar-refractivity contribution is -0.870. The van der Waals surface area contributed by atoms with Crippen molar-refractivity contribution < 1.29 is 42.1 Å². The first-order valence-electron chi connectivity index (χ1n) is 25.1. The summed E-state index contributed by atoms with van der Waals surface area (Å²) in [4.78, 5) is 37.7. The lowest BCUT2D eigenvalue weighted by atomic mass is 10.1. The van der Waals surface area contributed by atoms with E-state index in [1.165, 1.54) is 70.6 Å². The molecule has 0 spiro atoms. The van der Waals surface area contributed by atoms with E-state index >= 15 is 0 Å². The quantitative estimate of drug-likeness (QED) is 0.0195. The Bertz CT molecular complexity index is 1300. The van der Waals surface area contributed by atoms with E-state index in [0.29, 0.717) is 17.4 Å². The van der Waals surface area contributed by atoms with Crippen molar-refractivity contribution in [2.24, 2.45) is 0 Å². The molecule has 0 aliphatic rings. The molecule has 10 heteroatoms. The van der Waals surface area contributed by atoms with Crippen LogP contribution in [-0.4, -0.2) is 70.0 Å². The van der Waals surface area contributed by atoms with E-state index in [4.69, 9.17) is 18.5 Å². The van der Waals surface area contributed by atoms with E-state index in [0.717, 1.165) is 96.3 Å². The van der Waals surface area contributed by atoms with Crippen LogP contribution in [-0.2, 0) is 32.7 Å². The van der Waals surface area contributed by atoms with Gasteiger partial charge in [-0.25, -0.2) is 0 Å². The van der Waals surface area contributed by atoms with Crippen molar-refractivity contribution >= 4 is 19.8 Å². The molecule has 0 bridgehead atoms. The molecule has 0 N–H and O–H groups in total. The molecule has 0 rings (SSSR count). The molecular formula is C53H94NO8P. The lowest BCUT2D eigenvalue weighted by Crippen LogP contribution is -2.37. The Morgan fingerprint density at radius 3 is 1.37 bits per heavy atom.